The molecule has 0 N–H and O–H groups in total. The predicted molar refractivity (Wildman–Crippen MR) is 129 cm³/mol. The van der Waals surface area contributed by atoms with E-state index in [1.165, 1.54) is 41.3 Å². The maximum Gasteiger partial charge on any atom is 0.264 e. The molecule has 5 rings (SSSR count). The minimum Gasteiger partial charge on any atom is -0.300 e. The van der Waals surface area contributed by atoms with Crippen LogP contribution in [0.2, 0.25) is 20.1 Å². The summed E-state index contributed by atoms with van der Waals surface area (Å²) in [6.45, 7) is 1.56. The normalized spacial score (nSPS) is 19.3. The van der Waals surface area contributed by atoms with Crippen molar-refractivity contribution in [2.24, 2.45) is 0 Å². The summed E-state index contributed by atoms with van der Waals surface area (Å²) >= 11 is 24.6. The summed E-state index contributed by atoms with van der Waals surface area (Å²) in [5.41, 5.74) is 0.283. The number of amides is 3. The highest BCUT2D eigenvalue weighted by molar-refractivity contribution is 6.55. The molecule has 1 fully saturated rings. The number of benzene rings is 3. The zero-order valence-electron chi connectivity index (χ0n) is 17.6. The number of β-lactam (4-membered cyclic amide) rings is 1. The van der Waals surface area contributed by atoms with Crippen molar-refractivity contribution in [1.29, 1.82) is 0 Å². The molecule has 0 aromatic heterocycles. The van der Waals surface area contributed by atoms with Crippen LogP contribution in [0, 0.1) is 18.6 Å². The van der Waals surface area contributed by atoms with Gasteiger partial charge in [0.25, 0.3) is 17.7 Å². The van der Waals surface area contributed by atoms with Crippen molar-refractivity contribution in [3.63, 3.8) is 0 Å². The fourth-order valence-corrected chi connectivity index (χ4v) is 5.40. The molecule has 0 bridgehead atoms. The summed E-state index contributed by atoms with van der Waals surface area (Å²) in [4.78, 5) is 42.1. The highest BCUT2D eigenvalue weighted by Crippen LogP contribution is 2.49. The van der Waals surface area contributed by atoms with Crippen molar-refractivity contribution in [3.8, 4) is 0 Å². The smallest absolute Gasteiger partial charge is 0.264 e. The minimum atomic E-state index is -1.38. The lowest BCUT2D eigenvalue weighted by molar-refractivity contribution is -0.130. The number of halogens is 6. The number of fused-ring (bicyclic) bond motifs is 1. The maximum absolute atomic E-state index is 14.3. The Morgan fingerprint density at radius 2 is 1.34 bits per heavy atom. The Bertz CT molecular complexity index is 1430. The molecular formula is C24H12Cl4F2N2O3. The molecule has 2 unspecified atom stereocenters. The molecule has 2 heterocycles. The Morgan fingerprint density at radius 3 is 1.89 bits per heavy atom. The molecule has 0 saturated carbocycles. The zero-order valence-corrected chi connectivity index (χ0v) is 20.6. The molecule has 2 aliphatic heterocycles. The third-order valence-electron chi connectivity index (χ3n) is 6.10. The molecule has 1 saturated heterocycles. The Hall–Kier alpha value is -2.71. The Kier molecular flexibility index (Phi) is 5.79. The van der Waals surface area contributed by atoms with Gasteiger partial charge in [0, 0.05) is 5.69 Å². The van der Waals surface area contributed by atoms with E-state index in [2.05, 4.69) is 0 Å². The Morgan fingerprint density at radius 1 is 0.743 bits per heavy atom. The van der Waals surface area contributed by atoms with Crippen LogP contribution in [0.3, 0.4) is 0 Å². The van der Waals surface area contributed by atoms with Crippen LogP contribution in [0.25, 0.3) is 0 Å². The first kappa shape index (κ1) is 24.0. The minimum absolute atomic E-state index is 0.183. The number of imide groups is 1. The summed E-state index contributed by atoms with van der Waals surface area (Å²) in [6.07, 6.45) is 0. The van der Waals surface area contributed by atoms with Crippen LogP contribution in [0.1, 0.15) is 37.9 Å². The van der Waals surface area contributed by atoms with Crippen molar-refractivity contribution in [2.75, 3.05) is 4.90 Å². The van der Waals surface area contributed by atoms with E-state index in [9.17, 15) is 23.2 Å². The molecule has 35 heavy (non-hydrogen) atoms. The van der Waals surface area contributed by atoms with Gasteiger partial charge < -0.3 is 4.90 Å². The Labute approximate surface area is 217 Å². The molecule has 178 valence electrons. The van der Waals surface area contributed by atoms with Gasteiger partial charge in [-0.3, -0.25) is 19.3 Å². The van der Waals surface area contributed by atoms with Gasteiger partial charge >= 0.3 is 0 Å². The molecule has 3 amide bonds. The molecular weight excluding hydrogens is 544 g/mol. The second-order valence-corrected chi connectivity index (χ2v) is 9.58. The number of rotatable bonds is 3. The summed E-state index contributed by atoms with van der Waals surface area (Å²) in [5, 5.41) is -0.969. The molecule has 3 aromatic rings. The average Bonchev–Trinajstić information content (AvgIpc) is 3.07. The third-order valence-corrected chi connectivity index (χ3v) is 7.90. The van der Waals surface area contributed by atoms with Crippen molar-refractivity contribution in [1.82, 2.24) is 4.90 Å². The third kappa shape index (κ3) is 3.44. The zero-order chi connectivity index (χ0) is 25.3. The van der Waals surface area contributed by atoms with Crippen molar-refractivity contribution in [2.45, 2.75) is 19.0 Å². The van der Waals surface area contributed by atoms with Crippen LogP contribution in [0.4, 0.5) is 14.5 Å². The van der Waals surface area contributed by atoms with Gasteiger partial charge in [-0.05, 0) is 42.3 Å². The van der Waals surface area contributed by atoms with Gasteiger partial charge in [-0.25, -0.2) is 8.78 Å². The number of carbonyl (C=O) groups excluding carboxylic acids is 3. The lowest BCUT2D eigenvalue weighted by atomic mass is 9.86. The van der Waals surface area contributed by atoms with Gasteiger partial charge in [-0.2, -0.15) is 0 Å². The van der Waals surface area contributed by atoms with Crippen LogP contribution in [-0.4, -0.2) is 28.7 Å². The fourth-order valence-electron chi connectivity index (χ4n) is 4.39. The Balaban J connectivity index is 1.65. The molecule has 2 aliphatic rings. The van der Waals surface area contributed by atoms with Crippen molar-refractivity contribution < 1.29 is 23.2 Å². The second kappa shape index (κ2) is 8.45. The SMILES string of the molecule is Cc1ccc(N2C(=O)C(N3C(=O)c4c(Cl)c(Cl)c(Cl)c(Cl)c4C3=O)C2c2cccc(F)c2)cc1F. The fraction of sp³-hybridized carbons (Fsp3) is 0.125. The highest BCUT2D eigenvalue weighted by Gasteiger charge is 2.58. The van der Waals surface area contributed by atoms with E-state index in [0.29, 0.717) is 16.0 Å². The monoisotopic (exact) mass is 554 g/mol. The van der Waals surface area contributed by atoms with E-state index < -0.39 is 41.4 Å². The van der Waals surface area contributed by atoms with Gasteiger partial charge in [0.2, 0.25) is 0 Å². The summed E-state index contributed by atoms with van der Waals surface area (Å²) in [5.74, 6) is -3.63. The van der Waals surface area contributed by atoms with Crippen LogP contribution in [0.15, 0.2) is 42.5 Å². The number of hydrogen-bond acceptors (Lipinski definition) is 3. The van der Waals surface area contributed by atoms with Gasteiger partial charge in [0.05, 0.1) is 37.3 Å². The van der Waals surface area contributed by atoms with E-state index >= 15 is 0 Å². The molecule has 5 nitrogen and oxygen atoms in total. The maximum atomic E-state index is 14.3. The second-order valence-electron chi connectivity index (χ2n) is 8.07. The first-order chi connectivity index (χ1) is 16.5. The number of hydrogen-bond donors (Lipinski definition) is 0. The van der Waals surface area contributed by atoms with E-state index in [-0.39, 0.29) is 36.9 Å². The molecule has 3 aromatic carbocycles. The van der Waals surface area contributed by atoms with E-state index in [1.54, 1.807) is 6.92 Å². The standard InChI is InChI=1S/C24H12Cl4F2N2O3/c1-9-5-6-12(8-13(9)30)31-20(10-3-2-4-11(29)7-10)21(24(31)35)32-22(33)14-15(23(32)34)17(26)19(28)18(27)16(14)25/h2-8,20-21H,1H3. The largest absolute Gasteiger partial charge is 0.300 e. The van der Waals surface area contributed by atoms with Crippen molar-refractivity contribution >= 4 is 69.8 Å². The van der Waals surface area contributed by atoms with E-state index in [0.717, 1.165) is 6.07 Å². The number of aryl methyl sites for hydroxylation is 1. The molecule has 2 atom stereocenters. The molecule has 11 heteroatoms. The van der Waals surface area contributed by atoms with Gasteiger partial charge in [-0.1, -0.05) is 64.6 Å². The van der Waals surface area contributed by atoms with Crippen LogP contribution in [0.5, 0.6) is 0 Å². The average molecular weight is 556 g/mol. The van der Waals surface area contributed by atoms with Gasteiger partial charge in [0.1, 0.15) is 17.7 Å². The summed E-state index contributed by atoms with van der Waals surface area (Å²) in [6, 6.07) is 7.13. The molecule has 0 radical (unpaired) electrons. The highest BCUT2D eigenvalue weighted by atomic mass is 35.5. The number of nitrogens with zero attached hydrogens (tertiary/aromatic N) is 2. The molecule has 0 spiro atoms. The summed E-state index contributed by atoms with van der Waals surface area (Å²) < 4.78 is 28.4. The lowest BCUT2D eigenvalue weighted by Crippen LogP contribution is -2.67. The number of carbonyl (C=O) groups is 3. The van der Waals surface area contributed by atoms with Gasteiger partial charge in [0.15, 0.2) is 0 Å². The first-order valence-corrected chi connectivity index (χ1v) is 11.6. The number of anilines is 1. The van der Waals surface area contributed by atoms with E-state index in [4.69, 9.17) is 46.4 Å². The predicted octanol–water partition coefficient (Wildman–Crippen LogP) is 6.64. The first-order valence-electron chi connectivity index (χ1n) is 10.1. The quantitative estimate of drug-likeness (QED) is 0.157. The molecule has 0 aliphatic carbocycles. The van der Waals surface area contributed by atoms with Crippen LogP contribution in [-0.2, 0) is 4.79 Å². The van der Waals surface area contributed by atoms with Crippen LogP contribution >= 0.6 is 46.4 Å². The lowest BCUT2D eigenvalue weighted by Gasteiger charge is -2.49. The van der Waals surface area contributed by atoms with Crippen LogP contribution < -0.4 is 4.90 Å². The topological polar surface area (TPSA) is 57.7 Å². The van der Waals surface area contributed by atoms with Gasteiger partial charge in [-0.15, -0.1) is 0 Å². The summed E-state index contributed by atoms with van der Waals surface area (Å²) in [7, 11) is 0. The van der Waals surface area contributed by atoms with E-state index in [1.807, 2.05) is 0 Å². The van der Waals surface area contributed by atoms with Crippen molar-refractivity contribution in [3.05, 3.63) is 96.4 Å².